The maximum absolute atomic E-state index is 10.9. The summed E-state index contributed by atoms with van der Waals surface area (Å²) in [5, 5.41) is 0. The third-order valence-corrected chi connectivity index (χ3v) is 1.57. The molecule has 1 aromatic carbocycles. The Kier molecular flexibility index (Phi) is 4.03. The largest absolute Gasteiger partial charge is 0.461 e. The standard InChI is InChI=1S/C11H12O2/c1-2-6-11(12)13-9-10-7-4-3-5-8-10/h4-5,7-8H,1-2,6,9H2. The third kappa shape index (κ3) is 3.74. The molecule has 13 heavy (non-hydrogen) atoms. The van der Waals surface area contributed by atoms with Gasteiger partial charge in [0.2, 0.25) is 0 Å². The van der Waals surface area contributed by atoms with Crippen LogP contribution in [0.2, 0.25) is 0 Å². The summed E-state index contributed by atoms with van der Waals surface area (Å²) in [5.74, 6) is -0.192. The molecular weight excluding hydrogens is 164 g/mol. The second-order valence-corrected chi connectivity index (χ2v) is 2.67. The number of ether oxygens (including phenoxy) is 1. The van der Waals surface area contributed by atoms with Crippen LogP contribution in [0, 0.1) is 13.0 Å². The Bertz CT molecular complexity index is 254. The van der Waals surface area contributed by atoms with Gasteiger partial charge in [-0.25, -0.2) is 0 Å². The topological polar surface area (TPSA) is 26.3 Å². The molecule has 0 amide bonds. The summed E-state index contributed by atoms with van der Waals surface area (Å²) >= 11 is 0. The van der Waals surface area contributed by atoms with Crippen molar-refractivity contribution in [1.82, 2.24) is 0 Å². The fourth-order valence-corrected chi connectivity index (χ4v) is 0.898. The van der Waals surface area contributed by atoms with E-state index in [0.29, 0.717) is 19.4 Å². The number of esters is 1. The number of hydrogen-bond donors (Lipinski definition) is 0. The Labute approximate surface area is 78.5 Å². The van der Waals surface area contributed by atoms with Gasteiger partial charge in [0.1, 0.15) is 6.61 Å². The van der Waals surface area contributed by atoms with E-state index in [-0.39, 0.29) is 5.97 Å². The summed E-state index contributed by atoms with van der Waals surface area (Å²) in [4.78, 5) is 10.9. The van der Waals surface area contributed by atoms with Gasteiger partial charge < -0.3 is 4.74 Å². The lowest BCUT2D eigenvalue weighted by Crippen LogP contribution is -2.03. The summed E-state index contributed by atoms with van der Waals surface area (Å²) in [7, 11) is 0. The van der Waals surface area contributed by atoms with Gasteiger partial charge in [-0.2, -0.15) is 0 Å². The molecule has 0 bridgehead atoms. The fraction of sp³-hybridized carbons (Fsp3) is 0.273. The number of hydrogen-bond acceptors (Lipinski definition) is 2. The molecule has 0 aromatic heterocycles. The van der Waals surface area contributed by atoms with Gasteiger partial charge in [-0.3, -0.25) is 4.79 Å². The fourth-order valence-electron chi connectivity index (χ4n) is 0.898. The molecule has 0 aliphatic heterocycles. The molecule has 0 fully saturated rings. The molecule has 1 rings (SSSR count). The van der Waals surface area contributed by atoms with Crippen LogP contribution in [0.3, 0.4) is 0 Å². The maximum atomic E-state index is 10.9. The van der Waals surface area contributed by atoms with Crippen molar-refractivity contribution >= 4 is 5.97 Å². The van der Waals surface area contributed by atoms with E-state index in [1.54, 1.807) is 12.1 Å². The molecule has 0 aliphatic carbocycles. The van der Waals surface area contributed by atoms with Gasteiger partial charge in [0, 0.05) is 6.42 Å². The van der Waals surface area contributed by atoms with Crippen LogP contribution < -0.4 is 0 Å². The molecule has 0 atom stereocenters. The molecule has 2 heteroatoms. The molecule has 0 saturated carbocycles. The van der Waals surface area contributed by atoms with E-state index < -0.39 is 0 Å². The smallest absolute Gasteiger partial charge is 0.306 e. The van der Waals surface area contributed by atoms with Crippen LogP contribution in [-0.4, -0.2) is 5.97 Å². The number of benzene rings is 1. The van der Waals surface area contributed by atoms with Crippen LogP contribution in [0.1, 0.15) is 18.4 Å². The van der Waals surface area contributed by atoms with Crippen molar-refractivity contribution in [1.29, 1.82) is 0 Å². The first kappa shape index (κ1) is 9.78. The Morgan fingerprint density at radius 3 is 2.77 bits per heavy atom. The number of rotatable bonds is 4. The predicted molar refractivity (Wildman–Crippen MR) is 49.7 cm³/mol. The van der Waals surface area contributed by atoms with E-state index >= 15 is 0 Å². The van der Waals surface area contributed by atoms with E-state index in [9.17, 15) is 4.79 Å². The van der Waals surface area contributed by atoms with E-state index in [2.05, 4.69) is 13.0 Å². The lowest BCUT2D eigenvalue weighted by Gasteiger charge is -2.02. The normalized spacial score (nSPS) is 9.62. The van der Waals surface area contributed by atoms with Crippen LogP contribution in [0.4, 0.5) is 0 Å². The Hall–Kier alpha value is -1.31. The van der Waals surface area contributed by atoms with Crippen LogP contribution in [0.25, 0.3) is 0 Å². The molecule has 2 radical (unpaired) electrons. The molecule has 0 saturated heterocycles. The van der Waals surface area contributed by atoms with E-state index in [1.807, 2.05) is 12.1 Å². The van der Waals surface area contributed by atoms with Crippen molar-refractivity contribution in [3.8, 4) is 0 Å². The average molecular weight is 176 g/mol. The highest BCUT2D eigenvalue weighted by atomic mass is 16.5. The van der Waals surface area contributed by atoms with E-state index in [1.165, 1.54) is 0 Å². The Morgan fingerprint density at radius 2 is 2.15 bits per heavy atom. The monoisotopic (exact) mass is 176 g/mol. The van der Waals surface area contributed by atoms with Crippen LogP contribution >= 0.6 is 0 Å². The van der Waals surface area contributed by atoms with Gasteiger partial charge >= 0.3 is 5.97 Å². The minimum absolute atomic E-state index is 0.192. The summed E-state index contributed by atoms with van der Waals surface area (Å²) < 4.78 is 4.98. The lowest BCUT2D eigenvalue weighted by atomic mass is 10.2. The van der Waals surface area contributed by atoms with Gasteiger partial charge in [0.05, 0.1) is 0 Å². The highest BCUT2D eigenvalue weighted by molar-refractivity contribution is 5.69. The highest BCUT2D eigenvalue weighted by Crippen LogP contribution is 2.01. The summed E-state index contributed by atoms with van der Waals surface area (Å²) in [6, 6.07) is 10.2. The Morgan fingerprint density at radius 1 is 1.46 bits per heavy atom. The maximum Gasteiger partial charge on any atom is 0.306 e. The minimum atomic E-state index is -0.192. The van der Waals surface area contributed by atoms with Crippen molar-refractivity contribution in [3.63, 3.8) is 0 Å². The van der Waals surface area contributed by atoms with E-state index in [4.69, 9.17) is 4.74 Å². The second-order valence-electron chi connectivity index (χ2n) is 2.67. The zero-order valence-electron chi connectivity index (χ0n) is 7.45. The third-order valence-electron chi connectivity index (χ3n) is 1.57. The second kappa shape index (κ2) is 5.36. The molecule has 0 N–H and O–H groups in total. The first-order chi connectivity index (χ1) is 6.33. The zero-order valence-corrected chi connectivity index (χ0v) is 7.45. The van der Waals surface area contributed by atoms with Crippen molar-refractivity contribution < 1.29 is 9.53 Å². The molecule has 0 heterocycles. The summed E-state index contributed by atoms with van der Waals surface area (Å²) in [6.07, 6.45) is 0.973. The van der Waals surface area contributed by atoms with Crippen LogP contribution in [0.15, 0.2) is 24.3 Å². The SMILES string of the molecule is [CH2]CCC(=O)OCc1cc[c]cc1. The van der Waals surface area contributed by atoms with Gasteiger partial charge in [-0.15, -0.1) is 0 Å². The van der Waals surface area contributed by atoms with Crippen LogP contribution in [0.5, 0.6) is 0 Å². The number of carbonyl (C=O) groups is 1. The van der Waals surface area contributed by atoms with Crippen molar-refractivity contribution in [3.05, 3.63) is 42.8 Å². The molecule has 0 spiro atoms. The first-order valence-corrected chi connectivity index (χ1v) is 4.23. The average Bonchev–Trinajstić information content (AvgIpc) is 2.17. The molecule has 0 aliphatic rings. The quantitative estimate of drug-likeness (QED) is 0.657. The molecule has 2 nitrogen and oxygen atoms in total. The predicted octanol–water partition coefficient (Wildman–Crippen LogP) is 2.14. The van der Waals surface area contributed by atoms with Gasteiger partial charge in [0.25, 0.3) is 0 Å². The minimum Gasteiger partial charge on any atom is -0.461 e. The first-order valence-electron chi connectivity index (χ1n) is 4.23. The van der Waals surface area contributed by atoms with Crippen molar-refractivity contribution in [2.24, 2.45) is 0 Å². The molecule has 1 aromatic rings. The van der Waals surface area contributed by atoms with Gasteiger partial charge in [0.15, 0.2) is 0 Å². The van der Waals surface area contributed by atoms with Crippen molar-refractivity contribution in [2.75, 3.05) is 0 Å². The lowest BCUT2D eigenvalue weighted by molar-refractivity contribution is -0.144. The Balaban J connectivity index is 2.31. The molecule has 68 valence electrons. The van der Waals surface area contributed by atoms with E-state index in [0.717, 1.165) is 5.56 Å². The highest BCUT2D eigenvalue weighted by Gasteiger charge is 2.00. The van der Waals surface area contributed by atoms with Gasteiger partial charge in [-0.05, 0) is 18.1 Å². The summed E-state index contributed by atoms with van der Waals surface area (Å²) in [6.45, 7) is 3.92. The summed E-state index contributed by atoms with van der Waals surface area (Å²) in [5.41, 5.74) is 0.983. The van der Waals surface area contributed by atoms with Crippen molar-refractivity contribution in [2.45, 2.75) is 19.4 Å². The van der Waals surface area contributed by atoms with Gasteiger partial charge in [-0.1, -0.05) is 31.2 Å². The zero-order chi connectivity index (χ0) is 9.52. The van der Waals surface area contributed by atoms with Crippen LogP contribution in [-0.2, 0) is 16.1 Å². The molecule has 0 unspecified atom stereocenters. The molecular formula is C11H12O2. The number of carbonyl (C=O) groups excluding carboxylic acids is 1.